The number of nitrogens with zero attached hydrogens (tertiary/aromatic N) is 1. The quantitative estimate of drug-likeness (QED) is 0.450. The van der Waals surface area contributed by atoms with Gasteiger partial charge in [-0.3, -0.25) is 0 Å². The van der Waals surface area contributed by atoms with Gasteiger partial charge in [0.1, 0.15) is 16.5 Å². The molecule has 1 aliphatic heterocycles. The summed E-state index contributed by atoms with van der Waals surface area (Å²) < 4.78 is 16.1. The normalized spacial score (nSPS) is 36.1. The fourth-order valence-corrected chi connectivity index (χ4v) is 16.7. The highest BCUT2D eigenvalue weighted by Crippen LogP contribution is 2.46. The molecule has 3 nitrogen and oxygen atoms in total. The summed E-state index contributed by atoms with van der Waals surface area (Å²) in [4.78, 5) is 0. The second-order valence-electron chi connectivity index (χ2n) is 10.2. The SMILES string of the molecule is CC1CC(C)C2(C)OB(C(CBr)N([Si](C)(C)C)[Si](C)(C)C)OC2C1. The highest BCUT2D eigenvalue weighted by atomic mass is 79.9. The van der Waals surface area contributed by atoms with E-state index in [0.29, 0.717) is 11.9 Å². The van der Waals surface area contributed by atoms with Crippen LogP contribution in [-0.2, 0) is 9.31 Å². The third kappa shape index (κ3) is 4.06. The molecule has 1 saturated heterocycles. The zero-order valence-corrected chi connectivity index (χ0v) is 20.7. The van der Waals surface area contributed by atoms with Crippen LogP contribution in [0.1, 0.15) is 33.6 Å². The second-order valence-corrected chi connectivity index (χ2v) is 20.9. The number of fused-ring (bicyclic) bond motifs is 1. The van der Waals surface area contributed by atoms with Gasteiger partial charge in [-0.2, -0.15) is 0 Å². The fraction of sp³-hybridized carbons (Fsp3) is 1.00. The lowest BCUT2D eigenvalue weighted by Gasteiger charge is -2.48. The van der Waals surface area contributed by atoms with E-state index >= 15 is 0 Å². The summed E-state index contributed by atoms with van der Waals surface area (Å²) in [6.45, 7) is 21.7. The number of hydrogen-bond acceptors (Lipinski definition) is 3. The molecule has 0 amide bonds. The molecular weight excluding hydrogens is 397 g/mol. The van der Waals surface area contributed by atoms with Gasteiger partial charge in [0.2, 0.25) is 0 Å². The van der Waals surface area contributed by atoms with Crippen molar-refractivity contribution < 1.29 is 9.31 Å². The molecule has 0 N–H and O–H groups in total. The van der Waals surface area contributed by atoms with E-state index in [1.54, 1.807) is 0 Å². The van der Waals surface area contributed by atoms with Gasteiger partial charge in [0.05, 0.1) is 11.7 Å². The molecule has 140 valence electrons. The third-order valence-corrected chi connectivity index (χ3v) is 14.2. The molecule has 1 heterocycles. The summed E-state index contributed by atoms with van der Waals surface area (Å²) in [7, 11) is -3.05. The summed E-state index contributed by atoms with van der Waals surface area (Å²) in [5, 5.41) is 0.916. The van der Waals surface area contributed by atoms with Crippen LogP contribution in [0.4, 0.5) is 0 Å². The van der Waals surface area contributed by atoms with Crippen LogP contribution < -0.4 is 0 Å². The predicted molar refractivity (Wildman–Crippen MR) is 114 cm³/mol. The van der Waals surface area contributed by atoms with Crippen molar-refractivity contribution in [2.75, 3.05) is 5.33 Å². The molecule has 2 rings (SSSR count). The number of alkyl halides is 1. The fourth-order valence-electron chi connectivity index (χ4n) is 5.11. The molecule has 2 aliphatic rings. The predicted octanol–water partition coefficient (Wildman–Crippen LogP) is 4.99. The lowest BCUT2D eigenvalue weighted by molar-refractivity contribution is -0.0419. The molecular formula is C17H37BBrNO2Si2. The smallest absolute Gasteiger partial charge is 0.404 e. The first-order valence-corrected chi connectivity index (χ1v) is 17.5. The molecule has 1 aliphatic carbocycles. The Bertz CT molecular complexity index is 443. The van der Waals surface area contributed by atoms with Crippen LogP contribution in [0.25, 0.3) is 0 Å². The zero-order chi connectivity index (χ0) is 18.5. The van der Waals surface area contributed by atoms with Crippen LogP contribution >= 0.6 is 15.9 Å². The first-order valence-electron chi connectivity index (χ1n) is 9.49. The van der Waals surface area contributed by atoms with Gasteiger partial charge in [0.25, 0.3) is 0 Å². The van der Waals surface area contributed by atoms with Crippen LogP contribution in [-0.4, -0.2) is 50.8 Å². The maximum Gasteiger partial charge on any atom is 0.475 e. The van der Waals surface area contributed by atoms with E-state index in [2.05, 4.69) is 80.2 Å². The van der Waals surface area contributed by atoms with E-state index in [-0.39, 0.29) is 18.8 Å². The van der Waals surface area contributed by atoms with Crippen LogP contribution in [0.5, 0.6) is 0 Å². The van der Waals surface area contributed by atoms with E-state index < -0.39 is 16.5 Å². The van der Waals surface area contributed by atoms with Crippen molar-refractivity contribution in [3.63, 3.8) is 0 Å². The van der Waals surface area contributed by atoms with E-state index in [4.69, 9.17) is 9.31 Å². The van der Waals surface area contributed by atoms with Crippen molar-refractivity contribution in [3.05, 3.63) is 0 Å². The lowest BCUT2D eigenvalue weighted by atomic mass is 9.71. The Morgan fingerprint density at radius 2 is 1.67 bits per heavy atom. The minimum absolute atomic E-state index is 0.106. The third-order valence-electron chi connectivity index (χ3n) is 5.91. The van der Waals surface area contributed by atoms with Crippen LogP contribution in [0.15, 0.2) is 0 Å². The number of rotatable bonds is 5. The standard InChI is InChI=1S/C17H37BBrNO2Si2/c1-13-10-14(2)17(3)15(11-13)21-18(22-17)16(12-19)20(23(4,5)6)24(7,8)9/h13-16H,10-12H2,1-9H3. The molecule has 0 aromatic carbocycles. The average Bonchev–Trinajstić information content (AvgIpc) is 2.71. The molecule has 0 radical (unpaired) electrons. The molecule has 1 saturated carbocycles. The summed E-state index contributed by atoms with van der Waals surface area (Å²) in [5.74, 6) is 1.60. The topological polar surface area (TPSA) is 21.7 Å². The molecule has 2 fully saturated rings. The molecule has 0 spiro atoms. The van der Waals surface area contributed by atoms with Gasteiger partial charge in [-0.05, 0) is 31.6 Å². The summed E-state index contributed by atoms with van der Waals surface area (Å²) >= 11 is 3.80. The number of halogens is 1. The second kappa shape index (κ2) is 7.12. The largest absolute Gasteiger partial charge is 0.475 e. The van der Waals surface area contributed by atoms with Crippen LogP contribution in [0.2, 0.25) is 39.3 Å². The van der Waals surface area contributed by atoms with Crippen molar-refractivity contribution >= 4 is 39.5 Å². The number of hydrogen-bond donors (Lipinski definition) is 0. The Kier molecular flexibility index (Phi) is 6.27. The summed E-state index contributed by atoms with van der Waals surface area (Å²) in [6.07, 6.45) is 2.62. The van der Waals surface area contributed by atoms with Crippen molar-refractivity contribution in [1.82, 2.24) is 4.23 Å². The Hall–Kier alpha value is 0.859. The van der Waals surface area contributed by atoms with Crippen molar-refractivity contribution in [2.24, 2.45) is 11.8 Å². The molecule has 0 bridgehead atoms. The van der Waals surface area contributed by atoms with E-state index in [9.17, 15) is 0 Å². The summed E-state index contributed by atoms with van der Waals surface area (Å²) in [6, 6.07) is 0. The van der Waals surface area contributed by atoms with Gasteiger partial charge in [-0.15, -0.1) is 0 Å². The Morgan fingerprint density at radius 1 is 1.12 bits per heavy atom. The Morgan fingerprint density at radius 3 is 2.12 bits per heavy atom. The van der Waals surface area contributed by atoms with Crippen molar-refractivity contribution in [2.45, 2.75) is 90.5 Å². The van der Waals surface area contributed by atoms with Gasteiger partial charge in [-0.25, -0.2) is 0 Å². The van der Waals surface area contributed by atoms with Gasteiger partial charge < -0.3 is 13.5 Å². The lowest BCUT2D eigenvalue weighted by Crippen LogP contribution is -2.67. The van der Waals surface area contributed by atoms with Gasteiger partial charge >= 0.3 is 7.12 Å². The van der Waals surface area contributed by atoms with Gasteiger partial charge in [0, 0.05) is 11.3 Å². The van der Waals surface area contributed by atoms with Crippen LogP contribution in [0, 0.1) is 11.8 Å². The molecule has 0 aromatic rings. The molecule has 7 heteroatoms. The molecule has 5 unspecified atom stereocenters. The highest BCUT2D eigenvalue weighted by molar-refractivity contribution is 9.09. The van der Waals surface area contributed by atoms with E-state index in [0.717, 1.165) is 17.7 Å². The van der Waals surface area contributed by atoms with Gasteiger partial charge in [-0.1, -0.05) is 69.1 Å². The molecule has 5 atom stereocenters. The van der Waals surface area contributed by atoms with Crippen molar-refractivity contribution in [3.8, 4) is 0 Å². The zero-order valence-electron chi connectivity index (χ0n) is 17.1. The van der Waals surface area contributed by atoms with E-state index in [1.807, 2.05) is 0 Å². The maximum absolute atomic E-state index is 6.69. The van der Waals surface area contributed by atoms with Gasteiger partial charge in [0.15, 0.2) is 0 Å². The highest BCUT2D eigenvalue weighted by Gasteiger charge is 2.58. The monoisotopic (exact) mass is 433 g/mol. The van der Waals surface area contributed by atoms with Crippen LogP contribution in [0.3, 0.4) is 0 Å². The minimum Gasteiger partial charge on any atom is -0.404 e. The minimum atomic E-state index is -1.47. The molecule has 0 aromatic heterocycles. The molecule has 24 heavy (non-hydrogen) atoms. The summed E-state index contributed by atoms with van der Waals surface area (Å²) in [5.41, 5.74) is -0.123. The Labute approximate surface area is 160 Å². The van der Waals surface area contributed by atoms with Crippen molar-refractivity contribution in [1.29, 1.82) is 0 Å². The Balaban J connectivity index is 2.29. The maximum atomic E-state index is 6.69. The average molecular weight is 434 g/mol. The van der Waals surface area contributed by atoms with E-state index in [1.165, 1.54) is 6.42 Å². The first kappa shape index (κ1) is 21.2. The first-order chi connectivity index (χ1) is 10.8.